The molecule has 1 fully saturated rings. The molecule has 4 aromatic rings. The monoisotopic (exact) mass is 620 g/mol. The second kappa shape index (κ2) is 14.0. The van der Waals surface area contributed by atoms with E-state index >= 15 is 0 Å². The van der Waals surface area contributed by atoms with Crippen molar-refractivity contribution < 1.29 is 31.0 Å². The van der Waals surface area contributed by atoms with Gasteiger partial charge in [0.15, 0.2) is 19.7 Å². The molecular formula is C34H36O7S2. The summed E-state index contributed by atoms with van der Waals surface area (Å²) in [6.07, 6.45) is -2.16. The molecule has 0 amide bonds. The van der Waals surface area contributed by atoms with Crippen molar-refractivity contribution in [2.45, 2.75) is 54.3 Å². The molecule has 0 aliphatic carbocycles. The summed E-state index contributed by atoms with van der Waals surface area (Å²) in [4.78, 5) is 0.0642. The van der Waals surface area contributed by atoms with Crippen LogP contribution >= 0.6 is 0 Å². The molecule has 226 valence electrons. The van der Waals surface area contributed by atoms with Gasteiger partial charge in [0.05, 0.1) is 43.2 Å². The lowest BCUT2D eigenvalue weighted by Gasteiger charge is -2.30. The fraction of sp³-hybridized carbons (Fsp3) is 0.294. The van der Waals surface area contributed by atoms with Gasteiger partial charge in [-0.25, -0.2) is 16.8 Å². The molecule has 0 spiro atoms. The van der Waals surface area contributed by atoms with Gasteiger partial charge in [-0.3, -0.25) is 0 Å². The van der Waals surface area contributed by atoms with E-state index in [4.69, 9.17) is 14.2 Å². The first-order valence-corrected chi connectivity index (χ1v) is 17.4. The van der Waals surface area contributed by atoms with E-state index in [1.807, 2.05) is 97.9 Å². The van der Waals surface area contributed by atoms with Crippen molar-refractivity contribution in [3.63, 3.8) is 0 Å². The van der Waals surface area contributed by atoms with E-state index in [9.17, 15) is 16.8 Å². The highest BCUT2D eigenvalue weighted by molar-refractivity contribution is 7.96. The van der Waals surface area contributed by atoms with Crippen molar-refractivity contribution >= 4 is 19.7 Å². The second-order valence-corrected chi connectivity index (χ2v) is 15.2. The van der Waals surface area contributed by atoms with Gasteiger partial charge in [-0.1, -0.05) is 109 Å². The van der Waals surface area contributed by atoms with Crippen molar-refractivity contribution in [3.05, 3.63) is 138 Å². The zero-order chi connectivity index (χ0) is 30.3. The van der Waals surface area contributed by atoms with E-state index in [1.165, 1.54) is 12.1 Å². The van der Waals surface area contributed by atoms with E-state index in [0.717, 1.165) is 22.3 Å². The molecule has 0 bridgehead atoms. The van der Waals surface area contributed by atoms with E-state index in [0.29, 0.717) is 0 Å². The molecule has 1 saturated heterocycles. The number of benzene rings is 4. The summed E-state index contributed by atoms with van der Waals surface area (Å²) in [7, 11) is -8.07. The summed E-state index contributed by atoms with van der Waals surface area (Å²) < 4.78 is 74.4. The molecule has 1 unspecified atom stereocenters. The van der Waals surface area contributed by atoms with Crippen LogP contribution in [0.25, 0.3) is 0 Å². The quantitative estimate of drug-likeness (QED) is 0.200. The Kier molecular flexibility index (Phi) is 10.1. The van der Waals surface area contributed by atoms with E-state index in [2.05, 4.69) is 0 Å². The Morgan fingerprint density at radius 2 is 1.23 bits per heavy atom. The van der Waals surface area contributed by atoms with E-state index in [1.54, 1.807) is 12.1 Å². The van der Waals surface area contributed by atoms with Crippen LogP contribution in [0, 0.1) is 6.92 Å². The highest BCUT2D eigenvalue weighted by Crippen LogP contribution is 2.36. The maximum atomic E-state index is 14.0. The molecule has 4 aromatic carbocycles. The predicted molar refractivity (Wildman–Crippen MR) is 166 cm³/mol. The number of hydrogen-bond acceptors (Lipinski definition) is 7. The van der Waals surface area contributed by atoms with E-state index < -0.39 is 48.1 Å². The van der Waals surface area contributed by atoms with Gasteiger partial charge in [-0.05, 0) is 35.7 Å². The molecule has 4 atom stereocenters. The number of sulfone groups is 2. The summed E-state index contributed by atoms with van der Waals surface area (Å²) in [5.74, 6) is -0.572. The van der Waals surface area contributed by atoms with Crippen LogP contribution in [-0.4, -0.2) is 51.9 Å². The van der Waals surface area contributed by atoms with Crippen LogP contribution < -0.4 is 0 Å². The highest BCUT2D eigenvalue weighted by Gasteiger charge is 2.57. The number of aryl methyl sites for hydroxylation is 1. The van der Waals surface area contributed by atoms with Crippen LogP contribution in [0.4, 0.5) is 0 Å². The van der Waals surface area contributed by atoms with Gasteiger partial charge in [0.25, 0.3) is 0 Å². The Balaban J connectivity index is 1.48. The maximum absolute atomic E-state index is 14.0. The molecular weight excluding hydrogens is 585 g/mol. The van der Waals surface area contributed by atoms with Gasteiger partial charge in [-0.2, -0.15) is 0 Å². The number of rotatable bonds is 13. The van der Waals surface area contributed by atoms with Crippen molar-refractivity contribution in [2.75, 3.05) is 12.4 Å². The van der Waals surface area contributed by atoms with Gasteiger partial charge >= 0.3 is 0 Å². The molecule has 0 saturated carbocycles. The molecule has 43 heavy (non-hydrogen) atoms. The number of hydrogen-bond donors (Lipinski definition) is 0. The SMILES string of the molecule is Cc1ccc(S(=O)(=O)[C@@H]2CS(=O)(=O)[C@@H](C(COCc3ccccc3)OCc3ccccc3)[C@H]2OCc2ccccc2)cc1. The topological polar surface area (TPSA) is 96.0 Å². The summed E-state index contributed by atoms with van der Waals surface area (Å²) in [6, 6.07) is 34.7. The van der Waals surface area contributed by atoms with Gasteiger partial charge in [0, 0.05) is 0 Å². The largest absolute Gasteiger partial charge is 0.374 e. The first-order chi connectivity index (χ1) is 20.7. The zero-order valence-electron chi connectivity index (χ0n) is 24.0. The first-order valence-electron chi connectivity index (χ1n) is 14.2. The van der Waals surface area contributed by atoms with Crippen LogP contribution in [0.5, 0.6) is 0 Å². The molecule has 1 heterocycles. The molecule has 0 radical (unpaired) electrons. The first kappa shape index (κ1) is 31.1. The summed E-state index contributed by atoms with van der Waals surface area (Å²) >= 11 is 0. The average Bonchev–Trinajstić information content (AvgIpc) is 3.30. The maximum Gasteiger partial charge on any atom is 0.184 e. The second-order valence-electron chi connectivity index (χ2n) is 10.8. The summed E-state index contributed by atoms with van der Waals surface area (Å²) in [5.41, 5.74) is 3.49. The van der Waals surface area contributed by atoms with Crippen LogP contribution in [0.3, 0.4) is 0 Å². The minimum absolute atomic E-state index is 0.0493. The lowest BCUT2D eigenvalue weighted by molar-refractivity contribution is -0.0595. The van der Waals surface area contributed by atoms with Crippen molar-refractivity contribution in [1.82, 2.24) is 0 Å². The molecule has 9 heteroatoms. The standard InChI is InChI=1S/C34H36O7S2/c1-26-17-19-30(20-18-26)43(37,38)32-25-42(35,36)34(33(32)41-23-29-15-9-4-10-16-29)31(40-22-28-13-7-3-8-14-28)24-39-21-27-11-5-2-6-12-27/h2-20,31-34H,21-25H2,1H3/t31?,32-,33+,34+/m1/s1. The van der Waals surface area contributed by atoms with Crippen molar-refractivity contribution in [3.8, 4) is 0 Å². The minimum atomic E-state index is -4.08. The Labute approximate surface area is 254 Å². The smallest absolute Gasteiger partial charge is 0.184 e. The van der Waals surface area contributed by atoms with Gasteiger partial charge in [0.2, 0.25) is 0 Å². The normalized spacial score (nSPS) is 20.5. The molecule has 1 aliphatic rings. The third-order valence-electron chi connectivity index (χ3n) is 7.60. The fourth-order valence-electron chi connectivity index (χ4n) is 5.31. The lowest BCUT2D eigenvalue weighted by atomic mass is 10.1. The van der Waals surface area contributed by atoms with Gasteiger partial charge in [0.1, 0.15) is 16.6 Å². The molecule has 1 aliphatic heterocycles. The zero-order valence-corrected chi connectivity index (χ0v) is 25.6. The van der Waals surface area contributed by atoms with Gasteiger partial charge in [-0.15, -0.1) is 0 Å². The third-order valence-corrected chi connectivity index (χ3v) is 12.2. The molecule has 0 N–H and O–H groups in total. The third kappa shape index (κ3) is 7.79. The molecule has 0 aromatic heterocycles. The predicted octanol–water partition coefficient (Wildman–Crippen LogP) is 5.32. The van der Waals surface area contributed by atoms with Crippen molar-refractivity contribution in [2.24, 2.45) is 0 Å². The van der Waals surface area contributed by atoms with Crippen LogP contribution in [-0.2, 0) is 53.7 Å². The Bertz CT molecular complexity index is 1660. The van der Waals surface area contributed by atoms with Crippen LogP contribution in [0.1, 0.15) is 22.3 Å². The molecule has 7 nitrogen and oxygen atoms in total. The Hall–Kier alpha value is -3.34. The van der Waals surface area contributed by atoms with Crippen LogP contribution in [0.15, 0.2) is 120 Å². The van der Waals surface area contributed by atoms with Gasteiger partial charge < -0.3 is 14.2 Å². The minimum Gasteiger partial charge on any atom is -0.374 e. The summed E-state index contributed by atoms with van der Waals surface area (Å²) in [5, 5.41) is -2.58. The average molecular weight is 621 g/mol. The lowest BCUT2D eigenvalue weighted by Crippen LogP contribution is -2.47. The fourth-order valence-corrected chi connectivity index (χ4v) is 10.3. The summed E-state index contributed by atoms with van der Waals surface area (Å²) in [6.45, 7) is 2.23. The van der Waals surface area contributed by atoms with Crippen LogP contribution in [0.2, 0.25) is 0 Å². The Morgan fingerprint density at radius 1 is 0.721 bits per heavy atom. The number of ether oxygens (including phenoxy) is 3. The van der Waals surface area contributed by atoms with Crippen molar-refractivity contribution in [1.29, 1.82) is 0 Å². The highest BCUT2D eigenvalue weighted by atomic mass is 32.2. The molecule has 5 rings (SSSR count). The Morgan fingerprint density at radius 3 is 1.79 bits per heavy atom. The van der Waals surface area contributed by atoms with E-state index in [-0.39, 0.29) is 31.3 Å².